The lowest BCUT2D eigenvalue weighted by atomic mass is 10.4. The predicted octanol–water partition coefficient (Wildman–Crippen LogP) is 1.35. The molecule has 0 aliphatic carbocycles. The maximum Gasteiger partial charge on any atom is 0.190 e. The third kappa shape index (κ3) is 1.56. The molecule has 0 radical (unpaired) electrons. The van der Waals surface area contributed by atoms with Gasteiger partial charge in [-0.05, 0) is 20.8 Å². The molecule has 0 bridgehead atoms. The Labute approximate surface area is 73.9 Å². The van der Waals surface area contributed by atoms with Crippen LogP contribution in [-0.4, -0.2) is 18.5 Å². The second-order valence-electron chi connectivity index (χ2n) is 2.88. The van der Waals surface area contributed by atoms with Gasteiger partial charge in [0.2, 0.25) is 0 Å². The van der Waals surface area contributed by atoms with Crippen LogP contribution in [0.5, 0.6) is 0 Å². The second-order valence-corrected chi connectivity index (χ2v) is 3.82. The van der Waals surface area contributed by atoms with Gasteiger partial charge in [-0.2, -0.15) is 5.10 Å². The normalized spacial score (nSPS) is 13.8. The van der Waals surface area contributed by atoms with E-state index in [1.54, 1.807) is 11.6 Å². The van der Waals surface area contributed by atoms with Gasteiger partial charge < -0.3 is 4.55 Å². The van der Waals surface area contributed by atoms with E-state index in [4.69, 9.17) is 4.55 Å². The largest absolute Gasteiger partial charge is 0.302 e. The average Bonchev–Trinajstić information content (AvgIpc) is 2.30. The number of hydrogen-bond acceptors (Lipinski definition) is 2. The number of rotatable bonds is 2. The molecule has 4 nitrogen and oxygen atoms in total. The number of hydrogen-bond donors (Lipinski definition) is 1. The molecular weight excluding hydrogens is 176 g/mol. The number of aromatic nitrogens is 2. The van der Waals surface area contributed by atoms with Crippen LogP contribution in [0.2, 0.25) is 0 Å². The van der Waals surface area contributed by atoms with E-state index >= 15 is 0 Å². The Morgan fingerprint density at radius 3 is 2.50 bits per heavy atom. The molecule has 0 saturated carbocycles. The first-order chi connectivity index (χ1) is 5.54. The highest BCUT2D eigenvalue weighted by molar-refractivity contribution is 7.79. The van der Waals surface area contributed by atoms with Crippen LogP contribution in [0.25, 0.3) is 0 Å². The summed E-state index contributed by atoms with van der Waals surface area (Å²) < 4.78 is 21.3. The molecule has 0 spiro atoms. The van der Waals surface area contributed by atoms with Gasteiger partial charge in [-0.1, -0.05) is 0 Å². The molecule has 0 saturated heterocycles. The van der Waals surface area contributed by atoms with Crippen molar-refractivity contribution in [2.75, 3.05) is 0 Å². The fraction of sp³-hybridized carbons (Fsp3) is 0.571. The van der Waals surface area contributed by atoms with Crippen molar-refractivity contribution in [3.8, 4) is 0 Å². The summed E-state index contributed by atoms with van der Waals surface area (Å²) >= 11 is -1.92. The van der Waals surface area contributed by atoms with E-state index in [0.29, 0.717) is 4.90 Å². The summed E-state index contributed by atoms with van der Waals surface area (Å²) in [6, 6.07) is 0.224. The molecule has 68 valence electrons. The van der Waals surface area contributed by atoms with Gasteiger partial charge in [0.1, 0.15) is 4.90 Å². The van der Waals surface area contributed by atoms with Crippen molar-refractivity contribution in [3.05, 3.63) is 11.9 Å². The van der Waals surface area contributed by atoms with Crippen molar-refractivity contribution >= 4 is 11.1 Å². The van der Waals surface area contributed by atoms with E-state index in [1.807, 2.05) is 13.8 Å². The summed E-state index contributed by atoms with van der Waals surface area (Å²) in [5.41, 5.74) is 0.755. The van der Waals surface area contributed by atoms with Crippen LogP contribution in [0.1, 0.15) is 25.6 Å². The highest BCUT2D eigenvalue weighted by atomic mass is 32.2. The van der Waals surface area contributed by atoms with Gasteiger partial charge >= 0.3 is 0 Å². The smallest absolute Gasteiger partial charge is 0.190 e. The Morgan fingerprint density at radius 2 is 2.25 bits per heavy atom. The molecule has 1 atom stereocenters. The zero-order chi connectivity index (χ0) is 9.30. The van der Waals surface area contributed by atoms with Crippen LogP contribution >= 0.6 is 0 Å². The van der Waals surface area contributed by atoms with Crippen molar-refractivity contribution in [2.45, 2.75) is 31.7 Å². The molecule has 0 fully saturated rings. The van der Waals surface area contributed by atoms with E-state index in [-0.39, 0.29) is 6.04 Å². The molecule has 12 heavy (non-hydrogen) atoms. The summed E-state index contributed by atoms with van der Waals surface area (Å²) in [5, 5.41) is 4.00. The predicted molar refractivity (Wildman–Crippen MR) is 46.4 cm³/mol. The van der Waals surface area contributed by atoms with Gasteiger partial charge in [-0.15, -0.1) is 0 Å². The lowest BCUT2D eigenvalue weighted by Gasteiger charge is -2.07. The molecule has 1 unspecified atom stereocenters. The van der Waals surface area contributed by atoms with E-state index in [0.717, 1.165) is 5.69 Å². The van der Waals surface area contributed by atoms with Crippen molar-refractivity contribution in [2.24, 2.45) is 0 Å². The van der Waals surface area contributed by atoms with Crippen molar-refractivity contribution < 1.29 is 8.76 Å². The average molecular weight is 188 g/mol. The third-order valence-electron chi connectivity index (χ3n) is 1.68. The summed E-state index contributed by atoms with van der Waals surface area (Å²) in [6.07, 6.45) is 1.44. The molecule has 0 amide bonds. The Balaban J connectivity index is 3.13. The summed E-state index contributed by atoms with van der Waals surface area (Å²) in [7, 11) is 0. The van der Waals surface area contributed by atoms with Crippen molar-refractivity contribution in [1.82, 2.24) is 9.78 Å². The lowest BCUT2D eigenvalue weighted by Crippen LogP contribution is -2.05. The highest BCUT2D eigenvalue weighted by Crippen LogP contribution is 2.14. The Kier molecular flexibility index (Phi) is 2.64. The third-order valence-corrected chi connectivity index (χ3v) is 2.45. The Hall–Kier alpha value is -0.680. The molecule has 1 aromatic heterocycles. The monoisotopic (exact) mass is 188 g/mol. The zero-order valence-electron chi connectivity index (χ0n) is 7.31. The van der Waals surface area contributed by atoms with Crippen molar-refractivity contribution in [1.29, 1.82) is 0 Å². The van der Waals surface area contributed by atoms with Crippen LogP contribution in [0.15, 0.2) is 11.1 Å². The fourth-order valence-electron chi connectivity index (χ4n) is 1.10. The van der Waals surface area contributed by atoms with Crippen LogP contribution in [0.3, 0.4) is 0 Å². The maximum absolute atomic E-state index is 10.7. The minimum absolute atomic E-state index is 0.224. The molecule has 1 N–H and O–H groups in total. The SMILES string of the molecule is Cc1c(S(=O)O)cnn1C(C)C. The molecule has 1 heterocycles. The molecule has 0 aromatic carbocycles. The first-order valence-corrected chi connectivity index (χ1v) is 4.79. The van der Waals surface area contributed by atoms with Crippen LogP contribution in [0, 0.1) is 6.92 Å². The van der Waals surface area contributed by atoms with E-state index in [2.05, 4.69) is 5.10 Å². The Bertz CT molecular complexity index is 306. The molecule has 1 aromatic rings. The lowest BCUT2D eigenvalue weighted by molar-refractivity contribution is 0.516. The maximum atomic E-state index is 10.7. The summed E-state index contributed by atoms with van der Waals surface area (Å²) in [4.78, 5) is 0.392. The van der Waals surface area contributed by atoms with E-state index in [1.165, 1.54) is 6.20 Å². The van der Waals surface area contributed by atoms with E-state index < -0.39 is 11.1 Å². The van der Waals surface area contributed by atoms with Gasteiger partial charge in [0.05, 0.1) is 11.9 Å². The summed E-state index contributed by atoms with van der Waals surface area (Å²) in [5.74, 6) is 0. The second kappa shape index (κ2) is 3.37. The van der Waals surface area contributed by atoms with E-state index in [9.17, 15) is 4.21 Å². The van der Waals surface area contributed by atoms with Crippen LogP contribution < -0.4 is 0 Å². The standard InChI is InChI=1S/C7H12N2O2S/c1-5(2)9-6(3)7(4-8-9)12(10)11/h4-5H,1-3H3,(H,10,11). The quantitative estimate of drug-likeness (QED) is 0.713. The molecule has 0 aliphatic heterocycles. The zero-order valence-corrected chi connectivity index (χ0v) is 8.13. The molecule has 0 aliphatic rings. The topological polar surface area (TPSA) is 55.1 Å². The minimum atomic E-state index is -1.92. The summed E-state index contributed by atoms with van der Waals surface area (Å²) in [6.45, 7) is 5.74. The molecule has 1 rings (SSSR count). The Morgan fingerprint density at radius 1 is 1.67 bits per heavy atom. The molecule has 5 heteroatoms. The first kappa shape index (κ1) is 9.41. The van der Waals surface area contributed by atoms with Gasteiger partial charge in [0.15, 0.2) is 11.1 Å². The highest BCUT2D eigenvalue weighted by Gasteiger charge is 2.12. The van der Waals surface area contributed by atoms with Crippen molar-refractivity contribution in [3.63, 3.8) is 0 Å². The number of nitrogens with zero attached hydrogens (tertiary/aromatic N) is 2. The molecular formula is C7H12N2O2S. The van der Waals surface area contributed by atoms with Gasteiger partial charge in [0.25, 0.3) is 0 Å². The van der Waals surface area contributed by atoms with Gasteiger partial charge in [-0.25, -0.2) is 4.21 Å². The first-order valence-electron chi connectivity index (χ1n) is 3.69. The van der Waals surface area contributed by atoms with Gasteiger partial charge in [-0.3, -0.25) is 4.68 Å². The van der Waals surface area contributed by atoms with Gasteiger partial charge in [0, 0.05) is 6.04 Å². The van der Waals surface area contributed by atoms with Crippen LogP contribution in [-0.2, 0) is 11.1 Å². The minimum Gasteiger partial charge on any atom is -0.302 e. The van der Waals surface area contributed by atoms with Crippen LogP contribution in [0.4, 0.5) is 0 Å². The fourth-order valence-corrected chi connectivity index (χ4v) is 1.58.